The molecule has 0 unspecified atom stereocenters. The second-order valence-electron chi connectivity index (χ2n) is 4.91. The highest BCUT2D eigenvalue weighted by Crippen LogP contribution is 2.14. The molecule has 8 heteroatoms. The van der Waals surface area contributed by atoms with E-state index in [9.17, 15) is 18.5 Å². The molecule has 1 aromatic rings. The topological polar surface area (TPSA) is 95.7 Å². The summed E-state index contributed by atoms with van der Waals surface area (Å²) < 4.78 is 28.7. The summed E-state index contributed by atoms with van der Waals surface area (Å²) in [6.07, 6.45) is 3.71. The van der Waals surface area contributed by atoms with Gasteiger partial charge in [-0.25, -0.2) is 0 Å². The molecule has 0 aliphatic carbocycles. The molecule has 0 heterocycles. The van der Waals surface area contributed by atoms with Gasteiger partial charge < -0.3 is 4.84 Å². The quantitative estimate of drug-likeness (QED) is 0.268. The summed E-state index contributed by atoms with van der Waals surface area (Å²) >= 11 is 0. The first-order valence-electron chi connectivity index (χ1n) is 7.15. The maximum Gasteiger partial charge on any atom is 0.296 e. The molecule has 0 spiro atoms. The highest BCUT2D eigenvalue weighted by atomic mass is 32.2. The molecule has 0 saturated carbocycles. The van der Waals surface area contributed by atoms with E-state index in [2.05, 4.69) is 4.84 Å². The smallest absolute Gasteiger partial charge is 0.296 e. The zero-order chi connectivity index (χ0) is 16.4. The molecule has 0 radical (unpaired) electrons. The molecule has 0 saturated heterocycles. The van der Waals surface area contributed by atoms with Gasteiger partial charge in [-0.3, -0.25) is 4.18 Å². The maximum absolute atomic E-state index is 11.9. The third kappa shape index (κ3) is 7.37. The van der Waals surface area contributed by atoms with Gasteiger partial charge in [-0.2, -0.15) is 8.42 Å². The van der Waals surface area contributed by atoms with Crippen molar-refractivity contribution in [1.82, 2.24) is 0 Å². The first-order chi connectivity index (χ1) is 10.4. The lowest BCUT2D eigenvalue weighted by atomic mass is 10.1. The van der Waals surface area contributed by atoms with Crippen molar-refractivity contribution in [3.8, 4) is 0 Å². The second-order valence-corrected chi connectivity index (χ2v) is 6.53. The van der Waals surface area contributed by atoms with E-state index >= 15 is 0 Å². The molecular weight excluding hydrogens is 310 g/mol. The minimum absolute atomic E-state index is 0.102. The van der Waals surface area contributed by atoms with Crippen LogP contribution >= 0.6 is 0 Å². The fourth-order valence-corrected chi connectivity index (χ4v) is 2.76. The average Bonchev–Trinajstić information content (AvgIpc) is 2.45. The Labute approximate surface area is 130 Å². The average molecular weight is 331 g/mol. The van der Waals surface area contributed by atoms with Crippen LogP contribution in [0, 0.1) is 17.0 Å². The summed E-state index contributed by atoms with van der Waals surface area (Å²) in [5.41, 5.74) is 0.986. The van der Waals surface area contributed by atoms with Crippen molar-refractivity contribution in [2.75, 3.05) is 13.2 Å². The van der Waals surface area contributed by atoms with Gasteiger partial charge in [0.1, 0.15) is 0 Å². The van der Waals surface area contributed by atoms with E-state index < -0.39 is 15.2 Å². The fourth-order valence-electron chi connectivity index (χ4n) is 1.82. The van der Waals surface area contributed by atoms with Crippen molar-refractivity contribution in [2.24, 2.45) is 0 Å². The molecule has 22 heavy (non-hydrogen) atoms. The first kappa shape index (κ1) is 18.4. The Bertz CT molecular complexity index is 555. The van der Waals surface area contributed by atoms with Gasteiger partial charge >= 0.3 is 0 Å². The molecular formula is C14H21NO6S. The van der Waals surface area contributed by atoms with Crippen LogP contribution < -0.4 is 0 Å². The normalized spacial score (nSPS) is 11.3. The number of rotatable bonds is 11. The van der Waals surface area contributed by atoms with E-state index in [1.807, 2.05) is 6.92 Å². The summed E-state index contributed by atoms with van der Waals surface area (Å²) in [6, 6.07) is 6.51. The fraction of sp³-hybridized carbons (Fsp3) is 0.571. The summed E-state index contributed by atoms with van der Waals surface area (Å²) in [5.74, 6) is 0. The van der Waals surface area contributed by atoms with Crippen molar-refractivity contribution in [1.29, 1.82) is 0 Å². The molecule has 0 aliphatic rings. The van der Waals surface area contributed by atoms with Crippen LogP contribution in [0.15, 0.2) is 29.2 Å². The van der Waals surface area contributed by atoms with Crippen LogP contribution in [0.2, 0.25) is 0 Å². The molecule has 0 fully saturated rings. The predicted octanol–water partition coefficient (Wildman–Crippen LogP) is 2.86. The highest BCUT2D eigenvalue weighted by Gasteiger charge is 2.14. The zero-order valence-electron chi connectivity index (χ0n) is 12.6. The van der Waals surface area contributed by atoms with E-state index in [-0.39, 0.29) is 18.1 Å². The van der Waals surface area contributed by atoms with Crippen molar-refractivity contribution < 1.29 is 22.5 Å². The van der Waals surface area contributed by atoms with Crippen LogP contribution in [0.3, 0.4) is 0 Å². The Morgan fingerprint density at radius 3 is 2.14 bits per heavy atom. The summed E-state index contributed by atoms with van der Waals surface area (Å²) in [5, 5.41) is 9.11. The Morgan fingerprint density at radius 1 is 1.00 bits per heavy atom. The molecule has 1 rings (SSSR count). The van der Waals surface area contributed by atoms with Crippen molar-refractivity contribution >= 4 is 10.1 Å². The van der Waals surface area contributed by atoms with E-state index in [0.717, 1.165) is 24.8 Å². The van der Waals surface area contributed by atoms with E-state index in [1.54, 1.807) is 12.1 Å². The number of nitrogens with zero attached hydrogens (tertiary/aromatic N) is 1. The molecule has 1 aromatic carbocycles. The molecule has 0 atom stereocenters. The molecule has 0 aliphatic heterocycles. The molecule has 0 aromatic heterocycles. The standard InChI is InChI=1S/C14H21NO6S/c1-13-7-9-14(10-8-13)22(18,19)21-12-6-4-2-3-5-11-20-15(16)17/h7-10H,2-6,11-12H2,1H3. The van der Waals surface area contributed by atoms with Crippen molar-refractivity contribution in [3.63, 3.8) is 0 Å². The SMILES string of the molecule is Cc1ccc(S(=O)(=O)OCCCCCCCO[N+](=O)[O-])cc1. The Kier molecular flexibility index (Phi) is 7.83. The molecule has 0 bridgehead atoms. The minimum Gasteiger partial charge on any atom is -0.314 e. The van der Waals surface area contributed by atoms with Crippen LogP contribution in [0.5, 0.6) is 0 Å². The van der Waals surface area contributed by atoms with Gasteiger partial charge in [0.15, 0.2) is 0 Å². The van der Waals surface area contributed by atoms with Crippen molar-refractivity contribution in [2.45, 2.75) is 43.9 Å². The van der Waals surface area contributed by atoms with Crippen LogP contribution in [0.25, 0.3) is 0 Å². The third-order valence-corrected chi connectivity index (χ3v) is 4.36. The van der Waals surface area contributed by atoms with Gasteiger partial charge in [0.25, 0.3) is 15.2 Å². The zero-order valence-corrected chi connectivity index (χ0v) is 13.4. The van der Waals surface area contributed by atoms with Gasteiger partial charge in [-0.1, -0.05) is 37.0 Å². The van der Waals surface area contributed by atoms with Crippen LogP contribution in [-0.2, 0) is 19.1 Å². The summed E-state index contributed by atoms with van der Waals surface area (Å²) in [7, 11) is -3.68. The van der Waals surface area contributed by atoms with Gasteiger partial charge in [0.2, 0.25) is 0 Å². The third-order valence-electron chi connectivity index (χ3n) is 3.03. The van der Waals surface area contributed by atoms with Crippen LogP contribution in [0.4, 0.5) is 0 Å². The maximum atomic E-state index is 11.9. The molecule has 0 N–H and O–H groups in total. The Balaban J connectivity index is 2.13. The largest absolute Gasteiger partial charge is 0.314 e. The van der Waals surface area contributed by atoms with Gasteiger partial charge in [-0.05, 0) is 31.9 Å². The van der Waals surface area contributed by atoms with Gasteiger partial charge in [-0.15, -0.1) is 10.1 Å². The van der Waals surface area contributed by atoms with E-state index in [1.165, 1.54) is 12.1 Å². The summed E-state index contributed by atoms with van der Waals surface area (Å²) in [4.78, 5) is 14.3. The number of unbranched alkanes of at least 4 members (excludes halogenated alkanes) is 4. The number of hydrogen-bond donors (Lipinski definition) is 0. The number of hydrogen-bond acceptors (Lipinski definition) is 6. The number of benzene rings is 1. The lowest BCUT2D eigenvalue weighted by Gasteiger charge is -2.06. The lowest BCUT2D eigenvalue weighted by Crippen LogP contribution is -2.07. The van der Waals surface area contributed by atoms with E-state index in [4.69, 9.17) is 4.18 Å². The van der Waals surface area contributed by atoms with Gasteiger partial charge in [0, 0.05) is 0 Å². The van der Waals surface area contributed by atoms with Crippen LogP contribution in [-0.4, -0.2) is 26.7 Å². The minimum atomic E-state index is -3.68. The monoisotopic (exact) mass is 331 g/mol. The van der Waals surface area contributed by atoms with E-state index in [0.29, 0.717) is 12.8 Å². The second kappa shape index (κ2) is 9.37. The Hall–Kier alpha value is -1.67. The predicted molar refractivity (Wildman–Crippen MR) is 80.3 cm³/mol. The van der Waals surface area contributed by atoms with Gasteiger partial charge in [0.05, 0.1) is 18.1 Å². The molecule has 0 amide bonds. The van der Waals surface area contributed by atoms with Crippen molar-refractivity contribution in [3.05, 3.63) is 39.9 Å². The first-order valence-corrected chi connectivity index (χ1v) is 8.56. The molecule has 124 valence electrons. The highest BCUT2D eigenvalue weighted by molar-refractivity contribution is 7.86. The summed E-state index contributed by atoms with van der Waals surface area (Å²) in [6.45, 7) is 2.13. The molecule has 7 nitrogen and oxygen atoms in total. The number of aryl methyl sites for hydroxylation is 1. The Morgan fingerprint density at radius 2 is 1.55 bits per heavy atom. The lowest BCUT2D eigenvalue weighted by molar-refractivity contribution is -0.757. The van der Waals surface area contributed by atoms with Crippen LogP contribution in [0.1, 0.15) is 37.7 Å².